The van der Waals surface area contributed by atoms with Crippen molar-refractivity contribution in [3.63, 3.8) is 0 Å². The van der Waals surface area contributed by atoms with Gasteiger partial charge in [-0.3, -0.25) is 14.4 Å². The molecule has 0 unspecified atom stereocenters. The molecule has 35 heavy (non-hydrogen) atoms. The highest BCUT2D eigenvalue weighted by Crippen LogP contribution is 2.67. The first-order chi connectivity index (χ1) is 16.5. The smallest absolute Gasteiger partial charge is 0.303 e. The summed E-state index contributed by atoms with van der Waals surface area (Å²) < 4.78 is 11.6. The number of carboxylic acids is 1. The van der Waals surface area contributed by atoms with Gasteiger partial charge in [0, 0.05) is 38.5 Å². The second-order valence-corrected chi connectivity index (χ2v) is 12.4. The third kappa shape index (κ3) is 4.79. The maximum atomic E-state index is 12.1. The maximum Gasteiger partial charge on any atom is 0.303 e. The molecule has 4 rings (SSSR count). The van der Waals surface area contributed by atoms with Gasteiger partial charge in [-0.05, 0) is 80.0 Å². The lowest BCUT2D eigenvalue weighted by molar-refractivity contribution is -0.172. The molecule has 6 heteroatoms. The van der Waals surface area contributed by atoms with Gasteiger partial charge in [-0.15, -0.1) is 0 Å². The van der Waals surface area contributed by atoms with E-state index in [1.807, 2.05) is 0 Å². The van der Waals surface area contributed by atoms with Gasteiger partial charge in [0.2, 0.25) is 0 Å². The van der Waals surface area contributed by atoms with Gasteiger partial charge in [-0.25, -0.2) is 0 Å². The molecule has 0 heterocycles. The SMILES string of the molecule is CC(=O)O[C@@H]1CC2=CC[C@H]3[C@@H]4CC[C@H]([C@H](C)CCCC(=O)O)[C@@]4(C)CC[C@@H]3[C@@]2(C)[C@@H](OC(C)=O)C1. The Balaban J connectivity index is 1.56. The number of esters is 2. The van der Waals surface area contributed by atoms with Crippen LogP contribution in [0, 0.1) is 40.4 Å². The number of hydrogen-bond acceptors (Lipinski definition) is 5. The number of allylic oxidation sites excluding steroid dienone is 1. The van der Waals surface area contributed by atoms with Crippen molar-refractivity contribution in [2.24, 2.45) is 40.4 Å². The average molecular weight is 489 g/mol. The third-order valence-corrected chi connectivity index (χ3v) is 10.6. The summed E-state index contributed by atoms with van der Waals surface area (Å²) in [6, 6.07) is 0. The normalized spacial score (nSPS) is 41.0. The number of ether oxygens (including phenoxy) is 2. The summed E-state index contributed by atoms with van der Waals surface area (Å²) in [5.41, 5.74) is 1.39. The highest BCUT2D eigenvalue weighted by molar-refractivity contribution is 5.67. The molecular formula is C29H44O6. The molecule has 6 nitrogen and oxygen atoms in total. The molecule has 0 bridgehead atoms. The van der Waals surface area contributed by atoms with E-state index in [2.05, 4.69) is 26.8 Å². The fourth-order valence-electron chi connectivity index (χ4n) is 9.11. The van der Waals surface area contributed by atoms with E-state index in [4.69, 9.17) is 14.6 Å². The van der Waals surface area contributed by atoms with Gasteiger partial charge in [-0.2, -0.15) is 0 Å². The molecule has 0 aromatic carbocycles. The van der Waals surface area contributed by atoms with Crippen LogP contribution in [0.4, 0.5) is 0 Å². The molecule has 0 aromatic rings. The minimum absolute atomic E-state index is 0.211. The van der Waals surface area contributed by atoms with Crippen LogP contribution in [-0.2, 0) is 23.9 Å². The van der Waals surface area contributed by atoms with Crippen molar-refractivity contribution in [3.8, 4) is 0 Å². The summed E-state index contributed by atoms with van der Waals surface area (Å²) in [5, 5.41) is 9.05. The molecule has 3 saturated carbocycles. The van der Waals surface area contributed by atoms with Gasteiger partial charge >= 0.3 is 17.9 Å². The Labute approximate surface area is 210 Å². The fraction of sp³-hybridized carbons (Fsp3) is 0.828. The van der Waals surface area contributed by atoms with Gasteiger partial charge in [0.05, 0.1) is 0 Å². The number of carbonyl (C=O) groups is 3. The Morgan fingerprint density at radius 3 is 2.46 bits per heavy atom. The van der Waals surface area contributed by atoms with Crippen molar-refractivity contribution in [2.45, 2.75) is 111 Å². The fourth-order valence-corrected chi connectivity index (χ4v) is 9.11. The standard InChI is InChI=1S/C29H44O6/c1-17(7-6-8-27(32)33)23-11-12-24-22-10-9-20-15-21(34-18(2)30)16-26(35-19(3)31)29(20,5)25(22)13-14-28(23,24)4/h9,17,21-26H,6-8,10-16H2,1-5H3,(H,32,33)/t17-,21-,22+,23-,24+,25+,26+,28-,29+/m1/s1. The first kappa shape index (κ1) is 26.2. The highest BCUT2D eigenvalue weighted by atomic mass is 16.6. The van der Waals surface area contributed by atoms with Crippen LogP contribution in [0.25, 0.3) is 0 Å². The molecule has 0 saturated heterocycles. The van der Waals surface area contributed by atoms with E-state index in [1.165, 1.54) is 38.7 Å². The third-order valence-electron chi connectivity index (χ3n) is 10.6. The first-order valence-electron chi connectivity index (χ1n) is 13.7. The number of carbonyl (C=O) groups excluding carboxylic acids is 2. The van der Waals surface area contributed by atoms with E-state index < -0.39 is 5.97 Å². The van der Waals surface area contributed by atoms with Crippen molar-refractivity contribution in [3.05, 3.63) is 11.6 Å². The van der Waals surface area contributed by atoms with Crippen LogP contribution in [0.3, 0.4) is 0 Å². The first-order valence-corrected chi connectivity index (χ1v) is 13.7. The van der Waals surface area contributed by atoms with E-state index in [1.54, 1.807) is 0 Å². The van der Waals surface area contributed by atoms with Crippen LogP contribution in [0.2, 0.25) is 0 Å². The van der Waals surface area contributed by atoms with Gasteiger partial charge in [-0.1, -0.05) is 32.4 Å². The lowest BCUT2D eigenvalue weighted by Crippen LogP contribution is -2.57. The zero-order valence-electron chi connectivity index (χ0n) is 22.2. The minimum Gasteiger partial charge on any atom is -0.481 e. The summed E-state index contributed by atoms with van der Waals surface area (Å²) in [7, 11) is 0. The largest absolute Gasteiger partial charge is 0.481 e. The van der Waals surface area contributed by atoms with E-state index in [0.29, 0.717) is 36.0 Å². The van der Waals surface area contributed by atoms with Crippen molar-refractivity contribution in [2.75, 3.05) is 0 Å². The summed E-state index contributed by atoms with van der Waals surface area (Å²) in [4.78, 5) is 34.8. The van der Waals surface area contributed by atoms with Gasteiger partial charge in [0.15, 0.2) is 0 Å². The minimum atomic E-state index is -0.697. The molecule has 4 aliphatic carbocycles. The molecule has 0 aliphatic heterocycles. The van der Waals surface area contributed by atoms with Crippen LogP contribution in [0.5, 0.6) is 0 Å². The molecule has 3 fully saturated rings. The van der Waals surface area contributed by atoms with Crippen molar-refractivity contribution >= 4 is 17.9 Å². The number of hydrogen-bond donors (Lipinski definition) is 1. The summed E-state index contributed by atoms with van der Waals surface area (Å²) in [5.74, 6) is 1.62. The molecule has 0 spiro atoms. The molecule has 0 aromatic heterocycles. The summed E-state index contributed by atoms with van der Waals surface area (Å²) in [6.45, 7) is 10.1. The van der Waals surface area contributed by atoms with Gasteiger partial charge in [0.1, 0.15) is 12.2 Å². The average Bonchev–Trinajstić information content (AvgIpc) is 3.11. The second-order valence-electron chi connectivity index (χ2n) is 12.4. The Morgan fingerprint density at radius 1 is 1.09 bits per heavy atom. The van der Waals surface area contributed by atoms with Gasteiger partial charge < -0.3 is 14.6 Å². The van der Waals surface area contributed by atoms with E-state index in [0.717, 1.165) is 32.1 Å². The van der Waals surface area contributed by atoms with Crippen LogP contribution in [0.15, 0.2) is 11.6 Å². The highest BCUT2D eigenvalue weighted by Gasteiger charge is 2.62. The van der Waals surface area contributed by atoms with Crippen molar-refractivity contribution in [1.82, 2.24) is 0 Å². The maximum absolute atomic E-state index is 12.1. The molecule has 0 amide bonds. The molecule has 1 N–H and O–H groups in total. The molecule has 196 valence electrons. The summed E-state index contributed by atoms with van der Waals surface area (Å²) in [6.07, 6.45) is 11.0. The van der Waals surface area contributed by atoms with Crippen LogP contribution in [0.1, 0.15) is 98.8 Å². The van der Waals surface area contributed by atoms with E-state index in [9.17, 15) is 14.4 Å². The van der Waals surface area contributed by atoms with Crippen LogP contribution < -0.4 is 0 Å². The second kappa shape index (κ2) is 9.89. The van der Waals surface area contributed by atoms with Crippen molar-refractivity contribution < 1.29 is 29.0 Å². The Morgan fingerprint density at radius 2 is 1.80 bits per heavy atom. The molecular weight excluding hydrogens is 444 g/mol. The Hall–Kier alpha value is -1.85. The van der Waals surface area contributed by atoms with Crippen LogP contribution in [-0.4, -0.2) is 35.2 Å². The topological polar surface area (TPSA) is 89.9 Å². The molecule has 9 atom stereocenters. The predicted octanol–water partition coefficient (Wildman–Crippen LogP) is 5.93. The number of aliphatic carboxylic acids is 1. The quantitative estimate of drug-likeness (QED) is 0.353. The predicted molar refractivity (Wildman–Crippen MR) is 132 cm³/mol. The summed E-state index contributed by atoms with van der Waals surface area (Å²) >= 11 is 0. The van der Waals surface area contributed by atoms with E-state index in [-0.39, 0.29) is 41.4 Å². The van der Waals surface area contributed by atoms with Gasteiger partial charge in [0.25, 0.3) is 0 Å². The Kier molecular flexibility index (Phi) is 7.41. The lowest BCUT2D eigenvalue weighted by Gasteiger charge is -2.60. The van der Waals surface area contributed by atoms with E-state index >= 15 is 0 Å². The monoisotopic (exact) mass is 488 g/mol. The lowest BCUT2D eigenvalue weighted by atomic mass is 9.46. The van der Waals surface area contributed by atoms with Crippen molar-refractivity contribution in [1.29, 1.82) is 0 Å². The number of carboxylic acid groups (broad SMARTS) is 1. The zero-order chi connectivity index (χ0) is 25.5. The Bertz CT molecular complexity index is 878. The number of rotatable bonds is 7. The molecule has 0 radical (unpaired) electrons. The van der Waals surface area contributed by atoms with Crippen LogP contribution >= 0.6 is 0 Å². The molecule has 4 aliphatic rings. The number of fused-ring (bicyclic) bond motifs is 5. The zero-order valence-corrected chi connectivity index (χ0v) is 22.2.